The maximum absolute atomic E-state index is 13.8. The van der Waals surface area contributed by atoms with Gasteiger partial charge in [0.05, 0.1) is 23.6 Å². The summed E-state index contributed by atoms with van der Waals surface area (Å²) >= 11 is 0. The zero-order valence-electron chi connectivity index (χ0n) is 21.7. The number of nitrogens with one attached hydrogen (secondary N) is 2. The number of anilines is 3. The molecule has 1 aliphatic rings. The molecule has 1 amide bonds. The smallest absolute Gasteiger partial charge is 0.276 e. The Morgan fingerprint density at radius 2 is 1.81 bits per heavy atom. The predicted octanol–water partition coefficient (Wildman–Crippen LogP) is 4.18. The third kappa shape index (κ3) is 4.80. The molecule has 0 aliphatic heterocycles. The first kappa shape index (κ1) is 26.2. The highest BCUT2D eigenvalue weighted by Gasteiger charge is 2.41. The SMILES string of the molecule is Cc1cc(F)cnc1[C@H](Nc1c(Nc2ccnc(C(=O)N(C)C(C)C)c2O)c(=O)c1=O)C1(C)CCCC1. The average molecular weight is 510 g/mol. The van der Waals surface area contributed by atoms with Crippen molar-refractivity contribution in [1.82, 2.24) is 14.9 Å². The van der Waals surface area contributed by atoms with Gasteiger partial charge in [0.1, 0.15) is 17.2 Å². The second-order valence-corrected chi connectivity index (χ2v) is 10.4. The highest BCUT2D eigenvalue weighted by molar-refractivity contribution is 5.97. The van der Waals surface area contributed by atoms with Crippen LogP contribution >= 0.6 is 0 Å². The van der Waals surface area contributed by atoms with Crippen LogP contribution in [0.15, 0.2) is 34.1 Å². The summed E-state index contributed by atoms with van der Waals surface area (Å²) in [5.41, 5.74) is -0.507. The summed E-state index contributed by atoms with van der Waals surface area (Å²) < 4.78 is 13.8. The normalized spacial score (nSPS) is 15.6. The van der Waals surface area contributed by atoms with Crippen LogP contribution < -0.4 is 21.5 Å². The molecule has 10 heteroatoms. The molecule has 1 aromatic carbocycles. The van der Waals surface area contributed by atoms with E-state index in [0.717, 1.165) is 31.9 Å². The summed E-state index contributed by atoms with van der Waals surface area (Å²) in [6.45, 7) is 7.52. The van der Waals surface area contributed by atoms with Crippen LogP contribution in [-0.4, -0.2) is 39.0 Å². The Labute approximate surface area is 214 Å². The number of carbonyl (C=O) groups excluding carboxylic acids is 1. The summed E-state index contributed by atoms with van der Waals surface area (Å²) in [7, 11) is 1.60. The lowest BCUT2D eigenvalue weighted by Crippen LogP contribution is -2.40. The molecule has 1 atom stereocenters. The van der Waals surface area contributed by atoms with Crippen LogP contribution in [-0.2, 0) is 0 Å². The van der Waals surface area contributed by atoms with Crippen molar-refractivity contribution < 1.29 is 14.3 Å². The van der Waals surface area contributed by atoms with Crippen molar-refractivity contribution in [2.75, 3.05) is 17.7 Å². The van der Waals surface area contributed by atoms with Crippen molar-refractivity contribution >= 4 is 23.0 Å². The summed E-state index contributed by atoms with van der Waals surface area (Å²) in [5.74, 6) is -1.35. The Hall–Kier alpha value is -3.82. The van der Waals surface area contributed by atoms with Gasteiger partial charge in [0.15, 0.2) is 11.4 Å². The molecule has 1 aliphatic carbocycles. The highest BCUT2D eigenvalue weighted by atomic mass is 19.1. The van der Waals surface area contributed by atoms with Crippen molar-refractivity contribution in [2.24, 2.45) is 5.41 Å². The number of nitrogens with zero attached hydrogens (tertiary/aromatic N) is 3. The highest BCUT2D eigenvalue weighted by Crippen LogP contribution is 2.49. The number of halogens is 1. The lowest BCUT2D eigenvalue weighted by atomic mass is 9.77. The van der Waals surface area contributed by atoms with E-state index < -0.39 is 34.4 Å². The van der Waals surface area contributed by atoms with Crippen LogP contribution in [0.3, 0.4) is 0 Å². The number of aromatic hydroxyl groups is 1. The van der Waals surface area contributed by atoms with Gasteiger partial charge in [0, 0.05) is 19.3 Å². The summed E-state index contributed by atoms with van der Waals surface area (Å²) in [4.78, 5) is 47.8. The second kappa shape index (κ2) is 9.91. The topological polar surface area (TPSA) is 125 Å². The van der Waals surface area contributed by atoms with E-state index in [9.17, 15) is 23.9 Å². The molecular formula is C27H32FN5O4. The fourth-order valence-electron chi connectivity index (χ4n) is 4.94. The Morgan fingerprint density at radius 3 is 2.43 bits per heavy atom. The molecule has 0 radical (unpaired) electrons. The van der Waals surface area contributed by atoms with Gasteiger partial charge in [-0.15, -0.1) is 0 Å². The van der Waals surface area contributed by atoms with E-state index in [-0.39, 0.29) is 34.2 Å². The average Bonchev–Trinajstić information content (AvgIpc) is 3.31. The summed E-state index contributed by atoms with van der Waals surface area (Å²) in [6, 6.07) is 2.26. The molecule has 37 heavy (non-hydrogen) atoms. The minimum absolute atomic E-state index is 0.0199. The minimum atomic E-state index is -0.745. The predicted molar refractivity (Wildman–Crippen MR) is 140 cm³/mol. The largest absolute Gasteiger partial charge is 0.504 e. The lowest BCUT2D eigenvalue weighted by Gasteiger charge is -2.36. The van der Waals surface area contributed by atoms with Crippen LogP contribution in [0.1, 0.15) is 74.2 Å². The van der Waals surface area contributed by atoms with E-state index in [1.807, 2.05) is 13.8 Å². The van der Waals surface area contributed by atoms with Gasteiger partial charge >= 0.3 is 0 Å². The zero-order valence-corrected chi connectivity index (χ0v) is 21.7. The molecule has 4 rings (SSSR count). The number of aromatic nitrogens is 2. The molecule has 0 spiro atoms. The minimum Gasteiger partial charge on any atom is -0.504 e. The van der Waals surface area contributed by atoms with Gasteiger partial charge in [-0.05, 0) is 56.7 Å². The molecular weight excluding hydrogens is 477 g/mol. The van der Waals surface area contributed by atoms with Gasteiger partial charge in [-0.25, -0.2) is 9.37 Å². The quantitative estimate of drug-likeness (QED) is 0.386. The van der Waals surface area contributed by atoms with E-state index in [2.05, 4.69) is 27.5 Å². The summed E-state index contributed by atoms with van der Waals surface area (Å²) in [6.07, 6.45) is 6.27. The van der Waals surface area contributed by atoms with Crippen LogP contribution in [0.4, 0.5) is 21.5 Å². The first-order chi connectivity index (χ1) is 17.4. The van der Waals surface area contributed by atoms with E-state index in [4.69, 9.17) is 0 Å². The Morgan fingerprint density at radius 1 is 1.16 bits per heavy atom. The Balaban J connectivity index is 1.70. The van der Waals surface area contributed by atoms with Crippen molar-refractivity contribution in [1.29, 1.82) is 0 Å². The number of amides is 1. The van der Waals surface area contributed by atoms with Gasteiger partial charge in [0.25, 0.3) is 16.8 Å². The molecule has 2 aromatic heterocycles. The van der Waals surface area contributed by atoms with E-state index in [1.54, 1.807) is 14.0 Å². The van der Waals surface area contributed by atoms with Gasteiger partial charge < -0.3 is 20.6 Å². The molecule has 3 aromatic rings. The van der Waals surface area contributed by atoms with Gasteiger partial charge in [-0.2, -0.15) is 0 Å². The maximum Gasteiger partial charge on any atom is 0.276 e. The van der Waals surface area contributed by atoms with Crippen molar-refractivity contribution in [3.63, 3.8) is 0 Å². The molecule has 3 N–H and O–H groups in total. The molecule has 0 unspecified atom stereocenters. The number of pyridine rings is 2. The second-order valence-electron chi connectivity index (χ2n) is 10.4. The fraction of sp³-hybridized carbons (Fsp3) is 0.444. The number of carbonyl (C=O) groups is 1. The molecule has 9 nitrogen and oxygen atoms in total. The van der Waals surface area contributed by atoms with Crippen LogP contribution in [0.25, 0.3) is 0 Å². The lowest BCUT2D eigenvalue weighted by molar-refractivity contribution is 0.0746. The number of aryl methyl sites for hydroxylation is 1. The van der Waals surface area contributed by atoms with Crippen LogP contribution in [0.5, 0.6) is 5.75 Å². The third-order valence-corrected chi connectivity index (χ3v) is 7.48. The number of hydrogen-bond acceptors (Lipinski definition) is 8. The Bertz CT molecular complexity index is 1410. The molecule has 0 bridgehead atoms. The van der Waals surface area contributed by atoms with Crippen molar-refractivity contribution in [2.45, 2.75) is 65.5 Å². The van der Waals surface area contributed by atoms with Gasteiger partial charge in [-0.1, -0.05) is 19.8 Å². The molecule has 1 saturated carbocycles. The molecule has 1 fully saturated rings. The first-order valence-corrected chi connectivity index (χ1v) is 12.4. The maximum atomic E-state index is 13.8. The number of hydrogen-bond donors (Lipinski definition) is 3. The van der Waals surface area contributed by atoms with Gasteiger partial charge in [0.2, 0.25) is 0 Å². The Kier molecular flexibility index (Phi) is 7.03. The molecule has 196 valence electrons. The first-order valence-electron chi connectivity index (χ1n) is 12.4. The van der Waals surface area contributed by atoms with Crippen LogP contribution in [0.2, 0.25) is 0 Å². The number of rotatable bonds is 8. The van der Waals surface area contributed by atoms with Gasteiger partial charge in [-0.3, -0.25) is 19.4 Å². The third-order valence-electron chi connectivity index (χ3n) is 7.48. The standard InChI is InChI=1S/C27H32FN5O4/c1-14(2)33(5)26(37)21-22(34)17(8-11-29-21)31-19-20(24(36)23(19)35)32-25(27(4)9-6-7-10-27)18-15(3)12-16(28)13-30-18/h8,11-14,25,32,34H,6-7,9-10H2,1-5H3,(H,29,31)/t25-/m0/s1. The van der Waals surface area contributed by atoms with Crippen molar-refractivity contribution in [3.8, 4) is 5.75 Å². The molecule has 0 saturated heterocycles. The summed E-state index contributed by atoms with van der Waals surface area (Å²) in [5, 5.41) is 16.8. The van der Waals surface area contributed by atoms with E-state index in [0.29, 0.717) is 11.3 Å². The van der Waals surface area contributed by atoms with Crippen LogP contribution in [0, 0.1) is 18.2 Å². The van der Waals surface area contributed by atoms with Crippen molar-refractivity contribution in [3.05, 3.63) is 67.7 Å². The van der Waals surface area contributed by atoms with E-state index >= 15 is 0 Å². The zero-order chi connectivity index (χ0) is 27.1. The molecule has 2 heterocycles. The van der Waals surface area contributed by atoms with E-state index in [1.165, 1.54) is 23.2 Å². The monoisotopic (exact) mass is 509 g/mol. The fourth-order valence-corrected chi connectivity index (χ4v) is 4.94.